The second-order valence-corrected chi connectivity index (χ2v) is 4.30. The standard InChI is InChI=1S/C9H13F3N2S/c1-2-3-6(13)7-5-15-8(14-7)4-9(10,11)12/h5-6H,2-4,13H2,1H3. The maximum atomic E-state index is 12.0. The number of nitrogens with two attached hydrogens (primary N) is 1. The van der Waals surface area contributed by atoms with Gasteiger partial charge in [-0.05, 0) is 6.42 Å². The maximum absolute atomic E-state index is 12.0. The summed E-state index contributed by atoms with van der Waals surface area (Å²) in [7, 11) is 0. The first-order valence-electron chi connectivity index (χ1n) is 4.69. The lowest BCUT2D eigenvalue weighted by Crippen LogP contribution is -2.13. The topological polar surface area (TPSA) is 38.9 Å². The van der Waals surface area contributed by atoms with Gasteiger partial charge in [-0.2, -0.15) is 13.2 Å². The molecule has 2 nitrogen and oxygen atoms in total. The second-order valence-electron chi connectivity index (χ2n) is 3.35. The van der Waals surface area contributed by atoms with Gasteiger partial charge < -0.3 is 5.73 Å². The van der Waals surface area contributed by atoms with Gasteiger partial charge in [0.15, 0.2) is 0 Å². The van der Waals surface area contributed by atoms with Gasteiger partial charge in [0.05, 0.1) is 12.1 Å². The minimum atomic E-state index is -4.19. The lowest BCUT2D eigenvalue weighted by molar-refractivity contribution is -0.127. The summed E-state index contributed by atoms with van der Waals surface area (Å²) >= 11 is 1.02. The molecule has 0 saturated carbocycles. The Morgan fingerprint density at radius 2 is 2.20 bits per heavy atom. The summed E-state index contributed by atoms with van der Waals surface area (Å²) in [4.78, 5) is 3.89. The number of halogens is 3. The summed E-state index contributed by atoms with van der Waals surface area (Å²) in [5.74, 6) is 0. The van der Waals surface area contributed by atoms with E-state index in [2.05, 4.69) is 4.98 Å². The fraction of sp³-hybridized carbons (Fsp3) is 0.667. The van der Waals surface area contributed by atoms with Crippen LogP contribution in [0.5, 0.6) is 0 Å². The third-order valence-electron chi connectivity index (χ3n) is 1.90. The van der Waals surface area contributed by atoms with E-state index >= 15 is 0 Å². The summed E-state index contributed by atoms with van der Waals surface area (Å²) in [6.07, 6.45) is -3.51. The number of hydrogen-bond acceptors (Lipinski definition) is 3. The highest BCUT2D eigenvalue weighted by Gasteiger charge is 2.29. The predicted molar refractivity (Wildman–Crippen MR) is 53.7 cm³/mol. The third-order valence-corrected chi connectivity index (χ3v) is 2.77. The number of rotatable bonds is 4. The molecular formula is C9H13F3N2S. The Morgan fingerprint density at radius 3 is 2.73 bits per heavy atom. The van der Waals surface area contributed by atoms with Crippen molar-refractivity contribution in [2.75, 3.05) is 0 Å². The molecule has 0 aromatic carbocycles. The highest BCUT2D eigenvalue weighted by molar-refractivity contribution is 7.09. The largest absolute Gasteiger partial charge is 0.395 e. The fourth-order valence-electron chi connectivity index (χ4n) is 1.21. The quantitative estimate of drug-likeness (QED) is 0.875. The van der Waals surface area contributed by atoms with E-state index in [-0.39, 0.29) is 11.0 Å². The summed E-state index contributed by atoms with van der Waals surface area (Å²) < 4.78 is 36.1. The smallest absolute Gasteiger partial charge is 0.323 e. The Kier molecular flexibility index (Phi) is 4.10. The molecule has 0 radical (unpaired) electrons. The van der Waals surface area contributed by atoms with Crippen molar-refractivity contribution in [2.45, 2.75) is 38.4 Å². The number of aromatic nitrogens is 1. The third kappa shape index (κ3) is 4.17. The molecule has 1 aromatic heterocycles. The van der Waals surface area contributed by atoms with Crippen LogP contribution in [0.25, 0.3) is 0 Å². The van der Waals surface area contributed by atoms with E-state index in [1.165, 1.54) is 0 Å². The number of nitrogens with zero attached hydrogens (tertiary/aromatic N) is 1. The zero-order valence-corrected chi connectivity index (χ0v) is 9.16. The van der Waals surface area contributed by atoms with Crippen molar-refractivity contribution in [3.05, 3.63) is 16.1 Å². The molecule has 0 aliphatic rings. The average Bonchev–Trinajstić information content (AvgIpc) is 2.50. The van der Waals surface area contributed by atoms with E-state index in [1.54, 1.807) is 5.38 Å². The molecule has 1 heterocycles. The Morgan fingerprint density at radius 1 is 1.53 bits per heavy atom. The molecule has 0 aliphatic heterocycles. The first kappa shape index (κ1) is 12.4. The number of thiazole rings is 1. The van der Waals surface area contributed by atoms with Crippen LogP contribution >= 0.6 is 11.3 Å². The molecule has 2 N–H and O–H groups in total. The van der Waals surface area contributed by atoms with E-state index in [9.17, 15) is 13.2 Å². The van der Waals surface area contributed by atoms with Crippen molar-refractivity contribution in [3.8, 4) is 0 Å². The molecule has 0 aliphatic carbocycles. The van der Waals surface area contributed by atoms with E-state index in [0.29, 0.717) is 5.69 Å². The monoisotopic (exact) mass is 238 g/mol. The number of alkyl halides is 3. The summed E-state index contributed by atoms with van der Waals surface area (Å²) in [5, 5.41) is 1.70. The van der Waals surface area contributed by atoms with Crippen LogP contribution < -0.4 is 5.73 Å². The van der Waals surface area contributed by atoms with E-state index < -0.39 is 12.6 Å². The van der Waals surface area contributed by atoms with Crippen LogP contribution in [0.4, 0.5) is 13.2 Å². The van der Waals surface area contributed by atoms with Crippen LogP contribution in [0.15, 0.2) is 5.38 Å². The maximum Gasteiger partial charge on any atom is 0.395 e. The van der Waals surface area contributed by atoms with Crippen LogP contribution in [-0.4, -0.2) is 11.2 Å². The van der Waals surface area contributed by atoms with E-state index in [1.807, 2.05) is 6.92 Å². The molecule has 0 amide bonds. The molecule has 0 fully saturated rings. The van der Waals surface area contributed by atoms with Crippen LogP contribution in [0.3, 0.4) is 0 Å². The molecule has 6 heteroatoms. The Balaban J connectivity index is 2.64. The second kappa shape index (κ2) is 4.94. The van der Waals surface area contributed by atoms with Gasteiger partial charge in [-0.3, -0.25) is 0 Å². The SMILES string of the molecule is CCCC(N)c1csc(CC(F)(F)F)n1. The molecule has 0 spiro atoms. The fourth-order valence-corrected chi connectivity index (χ4v) is 2.10. The molecule has 1 rings (SSSR count). The lowest BCUT2D eigenvalue weighted by atomic mass is 10.1. The van der Waals surface area contributed by atoms with Gasteiger partial charge >= 0.3 is 6.18 Å². The van der Waals surface area contributed by atoms with Crippen LogP contribution in [0.2, 0.25) is 0 Å². The predicted octanol–water partition coefficient (Wildman–Crippen LogP) is 3.05. The Bertz CT molecular complexity index is 309. The zero-order valence-electron chi connectivity index (χ0n) is 8.34. The minimum Gasteiger partial charge on any atom is -0.323 e. The van der Waals surface area contributed by atoms with Gasteiger partial charge in [-0.15, -0.1) is 11.3 Å². The van der Waals surface area contributed by atoms with Gasteiger partial charge in [0.2, 0.25) is 0 Å². The van der Waals surface area contributed by atoms with Gasteiger partial charge in [-0.25, -0.2) is 4.98 Å². The lowest BCUT2D eigenvalue weighted by Gasteiger charge is -2.06. The first-order valence-corrected chi connectivity index (χ1v) is 5.57. The molecular weight excluding hydrogens is 225 g/mol. The molecule has 0 bridgehead atoms. The van der Waals surface area contributed by atoms with Crippen molar-refractivity contribution in [1.82, 2.24) is 4.98 Å². The molecule has 1 unspecified atom stereocenters. The molecule has 1 atom stereocenters. The first-order chi connectivity index (χ1) is 6.92. The van der Waals surface area contributed by atoms with Crippen molar-refractivity contribution in [1.29, 1.82) is 0 Å². The van der Waals surface area contributed by atoms with Gasteiger partial charge in [-0.1, -0.05) is 13.3 Å². The Hall–Kier alpha value is -0.620. The van der Waals surface area contributed by atoms with Gasteiger partial charge in [0, 0.05) is 11.4 Å². The van der Waals surface area contributed by atoms with Gasteiger partial charge in [0.1, 0.15) is 5.01 Å². The molecule has 0 saturated heterocycles. The highest BCUT2D eigenvalue weighted by Crippen LogP contribution is 2.25. The normalized spacial score (nSPS) is 14.2. The molecule has 86 valence electrons. The van der Waals surface area contributed by atoms with Crippen LogP contribution in [-0.2, 0) is 6.42 Å². The summed E-state index contributed by atoms with van der Waals surface area (Å²) in [6.45, 7) is 1.98. The average molecular weight is 238 g/mol. The number of hydrogen-bond donors (Lipinski definition) is 1. The van der Waals surface area contributed by atoms with Gasteiger partial charge in [0.25, 0.3) is 0 Å². The Labute approximate surface area is 90.3 Å². The minimum absolute atomic E-state index is 0.0871. The summed E-state index contributed by atoms with van der Waals surface area (Å²) in [6, 6.07) is -0.242. The zero-order chi connectivity index (χ0) is 11.5. The van der Waals surface area contributed by atoms with E-state index in [4.69, 9.17) is 5.73 Å². The van der Waals surface area contributed by atoms with Crippen LogP contribution in [0, 0.1) is 0 Å². The highest BCUT2D eigenvalue weighted by atomic mass is 32.1. The van der Waals surface area contributed by atoms with Crippen molar-refractivity contribution >= 4 is 11.3 Å². The van der Waals surface area contributed by atoms with Crippen LogP contribution in [0.1, 0.15) is 36.5 Å². The van der Waals surface area contributed by atoms with Crippen molar-refractivity contribution < 1.29 is 13.2 Å². The van der Waals surface area contributed by atoms with Crippen molar-refractivity contribution in [2.24, 2.45) is 5.73 Å². The molecule has 15 heavy (non-hydrogen) atoms. The van der Waals surface area contributed by atoms with E-state index in [0.717, 1.165) is 24.2 Å². The molecule has 1 aromatic rings. The van der Waals surface area contributed by atoms with Crippen molar-refractivity contribution in [3.63, 3.8) is 0 Å². The summed E-state index contributed by atoms with van der Waals surface area (Å²) in [5.41, 5.74) is 6.32.